The number of imidazole rings is 1. The zero-order valence-corrected chi connectivity index (χ0v) is 11.8. The minimum atomic E-state index is -5.03. The number of hydrogen-bond acceptors (Lipinski definition) is 6. The molecule has 1 saturated carbocycles. The summed E-state index contributed by atoms with van der Waals surface area (Å²) in [5, 5.41) is 17.9. The summed E-state index contributed by atoms with van der Waals surface area (Å²) in [6.45, 7) is 0.420. The SMILES string of the molecule is N#Cc1ncn(C[C@H]2CC[C@H](NOC(=O)C(F)(F)F)C2)c1C#N. The van der Waals surface area contributed by atoms with E-state index in [1.165, 1.54) is 6.33 Å². The van der Waals surface area contributed by atoms with Gasteiger partial charge in [-0.1, -0.05) is 0 Å². The smallest absolute Gasteiger partial charge is 0.363 e. The first-order chi connectivity index (χ1) is 10.8. The quantitative estimate of drug-likeness (QED) is 0.839. The number of carbonyl (C=O) groups excluding carboxylic acids is 1. The Morgan fingerprint density at radius 3 is 2.78 bits per heavy atom. The van der Waals surface area contributed by atoms with Gasteiger partial charge in [0, 0.05) is 12.6 Å². The van der Waals surface area contributed by atoms with Crippen molar-refractivity contribution in [1.82, 2.24) is 15.0 Å². The molecule has 1 aliphatic carbocycles. The average Bonchev–Trinajstić information content (AvgIpc) is 3.10. The Morgan fingerprint density at radius 2 is 2.17 bits per heavy atom. The Kier molecular flexibility index (Phi) is 4.86. The Bertz CT molecular complexity index is 671. The number of rotatable bonds is 4. The topological polar surface area (TPSA) is 104 Å². The molecule has 1 aromatic rings. The lowest BCUT2D eigenvalue weighted by atomic mass is 10.1. The number of halogens is 3. The van der Waals surface area contributed by atoms with Crippen LogP contribution in [0.4, 0.5) is 13.2 Å². The first kappa shape index (κ1) is 16.8. The number of hydrogen-bond donors (Lipinski definition) is 1. The lowest BCUT2D eigenvalue weighted by molar-refractivity contribution is -0.208. The van der Waals surface area contributed by atoms with Gasteiger partial charge in [-0.3, -0.25) is 0 Å². The molecular formula is C13H12F3N5O2. The maximum absolute atomic E-state index is 12.0. The van der Waals surface area contributed by atoms with Crippen molar-refractivity contribution in [2.24, 2.45) is 5.92 Å². The van der Waals surface area contributed by atoms with E-state index in [1.54, 1.807) is 4.57 Å². The minimum Gasteiger partial charge on any atom is -0.363 e. The van der Waals surface area contributed by atoms with Crippen LogP contribution in [-0.2, 0) is 16.2 Å². The zero-order chi connectivity index (χ0) is 17.0. The van der Waals surface area contributed by atoms with Crippen molar-refractivity contribution in [1.29, 1.82) is 10.5 Å². The minimum absolute atomic E-state index is 0.0410. The van der Waals surface area contributed by atoms with Gasteiger partial charge in [-0.2, -0.15) is 23.7 Å². The summed E-state index contributed by atoms with van der Waals surface area (Å²) in [6, 6.07) is 3.34. The maximum Gasteiger partial charge on any atom is 0.492 e. The van der Waals surface area contributed by atoms with E-state index in [0.29, 0.717) is 25.8 Å². The van der Waals surface area contributed by atoms with Crippen molar-refractivity contribution >= 4 is 5.97 Å². The van der Waals surface area contributed by atoms with Crippen molar-refractivity contribution in [2.45, 2.75) is 38.0 Å². The van der Waals surface area contributed by atoms with Crippen LogP contribution in [0.1, 0.15) is 30.7 Å². The highest BCUT2D eigenvalue weighted by molar-refractivity contribution is 5.75. The largest absolute Gasteiger partial charge is 0.492 e. The van der Waals surface area contributed by atoms with Crippen LogP contribution >= 0.6 is 0 Å². The molecule has 0 spiro atoms. The molecule has 1 fully saturated rings. The number of aromatic nitrogens is 2. The van der Waals surface area contributed by atoms with Crippen molar-refractivity contribution in [3.05, 3.63) is 17.7 Å². The zero-order valence-electron chi connectivity index (χ0n) is 11.8. The normalized spacial score (nSPS) is 20.7. The molecule has 0 unspecified atom stereocenters. The highest BCUT2D eigenvalue weighted by Crippen LogP contribution is 2.28. The van der Waals surface area contributed by atoms with Gasteiger partial charge < -0.3 is 9.40 Å². The van der Waals surface area contributed by atoms with Crippen molar-refractivity contribution in [3.8, 4) is 12.1 Å². The number of nitrogens with one attached hydrogen (secondary N) is 1. The molecule has 1 heterocycles. The first-order valence-electron chi connectivity index (χ1n) is 6.74. The van der Waals surface area contributed by atoms with Crippen LogP contribution < -0.4 is 5.48 Å². The second kappa shape index (κ2) is 6.67. The molecule has 0 radical (unpaired) electrons. The van der Waals surface area contributed by atoms with Gasteiger partial charge in [0.25, 0.3) is 0 Å². The van der Waals surface area contributed by atoms with Crippen LogP contribution in [0.2, 0.25) is 0 Å². The monoisotopic (exact) mass is 327 g/mol. The molecule has 1 aliphatic rings. The fourth-order valence-corrected chi connectivity index (χ4v) is 2.54. The highest BCUT2D eigenvalue weighted by atomic mass is 19.4. The summed E-state index contributed by atoms with van der Waals surface area (Å²) in [4.78, 5) is 18.5. The molecule has 10 heteroatoms. The summed E-state index contributed by atoms with van der Waals surface area (Å²) in [7, 11) is 0. The number of hydroxylamine groups is 1. The molecule has 0 aromatic carbocycles. The highest BCUT2D eigenvalue weighted by Gasteiger charge is 2.42. The van der Waals surface area contributed by atoms with Crippen LogP contribution in [0.3, 0.4) is 0 Å². The summed E-state index contributed by atoms with van der Waals surface area (Å²) in [5.41, 5.74) is 2.34. The molecule has 7 nitrogen and oxygen atoms in total. The van der Waals surface area contributed by atoms with E-state index in [4.69, 9.17) is 10.5 Å². The van der Waals surface area contributed by atoms with Gasteiger partial charge in [0.1, 0.15) is 12.1 Å². The van der Waals surface area contributed by atoms with Crippen molar-refractivity contribution in [2.75, 3.05) is 0 Å². The standard InChI is InChI=1S/C13H12F3N5O2/c14-13(15,16)12(22)23-20-9-2-1-8(3-9)6-21-7-19-10(4-17)11(21)5-18/h7-9,20H,1-3,6H2/t8-,9-/m0/s1. The van der Waals surface area contributed by atoms with Crippen LogP contribution in [0.15, 0.2) is 6.33 Å². The van der Waals surface area contributed by atoms with E-state index in [1.807, 2.05) is 12.1 Å². The number of nitriles is 2. The van der Waals surface area contributed by atoms with E-state index < -0.39 is 12.1 Å². The molecule has 122 valence electrons. The number of carbonyl (C=O) groups is 1. The van der Waals surface area contributed by atoms with E-state index in [9.17, 15) is 18.0 Å². The summed E-state index contributed by atoms with van der Waals surface area (Å²) in [6.07, 6.45) is -1.93. The van der Waals surface area contributed by atoms with Gasteiger partial charge in [0.2, 0.25) is 0 Å². The molecule has 2 atom stereocenters. The fourth-order valence-electron chi connectivity index (χ4n) is 2.54. The Hall–Kier alpha value is -2.59. The molecule has 2 rings (SSSR count). The van der Waals surface area contributed by atoms with Crippen LogP contribution in [0, 0.1) is 28.6 Å². The Labute approximate surface area is 129 Å². The third kappa shape index (κ3) is 3.99. The second-order valence-corrected chi connectivity index (χ2v) is 5.20. The number of alkyl halides is 3. The van der Waals surface area contributed by atoms with Gasteiger partial charge in [-0.05, 0) is 25.2 Å². The van der Waals surface area contributed by atoms with Gasteiger partial charge in [0.05, 0.1) is 6.33 Å². The predicted molar refractivity (Wildman–Crippen MR) is 68.1 cm³/mol. The van der Waals surface area contributed by atoms with E-state index in [-0.39, 0.29) is 23.3 Å². The lowest BCUT2D eigenvalue weighted by Gasteiger charge is -2.14. The fraction of sp³-hybridized carbons (Fsp3) is 0.538. The van der Waals surface area contributed by atoms with E-state index in [2.05, 4.69) is 15.3 Å². The molecule has 1 N–H and O–H groups in total. The van der Waals surface area contributed by atoms with Gasteiger partial charge in [-0.25, -0.2) is 9.78 Å². The summed E-state index contributed by atoms with van der Waals surface area (Å²) < 4.78 is 37.6. The molecule has 0 amide bonds. The van der Waals surface area contributed by atoms with Crippen molar-refractivity contribution < 1.29 is 22.8 Å². The molecule has 0 aliphatic heterocycles. The number of nitrogens with zero attached hydrogens (tertiary/aromatic N) is 4. The molecule has 0 saturated heterocycles. The third-order valence-corrected chi connectivity index (χ3v) is 3.60. The van der Waals surface area contributed by atoms with Gasteiger partial charge >= 0.3 is 12.1 Å². The molecule has 23 heavy (non-hydrogen) atoms. The van der Waals surface area contributed by atoms with Gasteiger partial charge in [0.15, 0.2) is 11.4 Å². The summed E-state index contributed by atoms with van der Waals surface area (Å²) >= 11 is 0. The van der Waals surface area contributed by atoms with Crippen LogP contribution in [0.25, 0.3) is 0 Å². The maximum atomic E-state index is 12.0. The predicted octanol–water partition coefficient (Wildman–Crippen LogP) is 1.41. The third-order valence-electron chi connectivity index (χ3n) is 3.60. The molecule has 1 aromatic heterocycles. The second-order valence-electron chi connectivity index (χ2n) is 5.20. The lowest BCUT2D eigenvalue weighted by Crippen LogP contribution is -2.36. The van der Waals surface area contributed by atoms with Crippen LogP contribution in [-0.4, -0.2) is 27.7 Å². The van der Waals surface area contributed by atoms with Crippen LogP contribution in [0.5, 0.6) is 0 Å². The molecule has 0 bridgehead atoms. The van der Waals surface area contributed by atoms with Gasteiger partial charge in [-0.15, -0.1) is 5.48 Å². The first-order valence-corrected chi connectivity index (χ1v) is 6.74. The Balaban J connectivity index is 1.87. The Morgan fingerprint density at radius 1 is 1.43 bits per heavy atom. The van der Waals surface area contributed by atoms with Crippen molar-refractivity contribution in [3.63, 3.8) is 0 Å². The average molecular weight is 327 g/mol. The van der Waals surface area contributed by atoms with E-state index in [0.717, 1.165) is 0 Å². The summed E-state index contributed by atoms with van der Waals surface area (Å²) in [5.74, 6) is -2.20. The molecular weight excluding hydrogens is 315 g/mol. The van der Waals surface area contributed by atoms with E-state index >= 15 is 0 Å².